The molecular formula is C11H16N2. The minimum absolute atomic E-state index is 0.250. The van der Waals surface area contributed by atoms with Gasteiger partial charge in [-0.1, -0.05) is 24.3 Å². The van der Waals surface area contributed by atoms with Crippen LogP contribution < -0.4 is 5.73 Å². The van der Waals surface area contributed by atoms with Crippen LogP contribution in [0.1, 0.15) is 25.0 Å². The van der Waals surface area contributed by atoms with E-state index < -0.39 is 0 Å². The number of nitrogens with zero attached hydrogens (tertiary/aromatic N) is 1. The number of aliphatic imine (C=N–C) groups is 1. The van der Waals surface area contributed by atoms with E-state index in [1.165, 1.54) is 5.56 Å². The molecule has 1 aromatic rings. The number of hydrogen-bond acceptors (Lipinski definition) is 1. The van der Waals surface area contributed by atoms with Crippen LogP contribution in [0.4, 0.5) is 0 Å². The van der Waals surface area contributed by atoms with Gasteiger partial charge in [-0.05, 0) is 26.3 Å². The van der Waals surface area contributed by atoms with Crippen LogP contribution in [-0.2, 0) is 0 Å². The number of aryl methyl sites for hydroxylation is 1. The van der Waals surface area contributed by atoms with Crippen molar-refractivity contribution in [2.75, 3.05) is 0 Å². The Labute approximate surface area is 79.5 Å². The maximum Gasteiger partial charge on any atom is 0.126 e. The van der Waals surface area contributed by atoms with Gasteiger partial charge in [0, 0.05) is 11.6 Å². The molecule has 2 nitrogen and oxygen atoms in total. The molecule has 0 amide bonds. The van der Waals surface area contributed by atoms with Gasteiger partial charge in [-0.25, -0.2) is 0 Å². The lowest BCUT2D eigenvalue weighted by Gasteiger charge is -2.05. The average Bonchev–Trinajstić information content (AvgIpc) is 2.03. The highest BCUT2D eigenvalue weighted by Gasteiger charge is 2.01. The first-order chi connectivity index (χ1) is 6.11. The van der Waals surface area contributed by atoms with Crippen molar-refractivity contribution in [3.63, 3.8) is 0 Å². The van der Waals surface area contributed by atoms with Crippen LogP contribution in [0.5, 0.6) is 0 Å². The Hall–Kier alpha value is -1.31. The Balaban J connectivity index is 3.02. The molecular weight excluding hydrogens is 160 g/mol. The molecule has 0 spiro atoms. The lowest BCUT2D eigenvalue weighted by atomic mass is 10.1. The second-order valence-corrected chi connectivity index (χ2v) is 3.42. The number of nitrogens with two attached hydrogens (primary N) is 1. The molecule has 0 saturated carbocycles. The minimum Gasteiger partial charge on any atom is -0.383 e. The van der Waals surface area contributed by atoms with E-state index in [9.17, 15) is 0 Å². The molecule has 70 valence electrons. The third kappa shape index (κ3) is 2.58. The standard InChI is InChI=1S/C11H16N2/c1-8(2)13-11(12)10-7-5-4-6-9(10)3/h4-8H,1-3H3,(H2,12,13). The molecule has 2 N–H and O–H groups in total. The quantitative estimate of drug-likeness (QED) is 0.544. The molecule has 1 aromatic carbocycles. The topological polar surface area (TPSA) is 38.4 Å². The summed E-state index contributed by atoms with van der Waals surface area (Å²) in [6.07, 6.45) is 0. The first-order valence-electron chi connectivity index (χ1n) is 4.50. The monoisotopic (exact) mass is 176 g/mol. The maximum atomic E-state index is 5.85. The largest absolute Gasteiger partial charge is 0.383 e. The van der Waals surface area contributed by atoms with E-state index in [1.54, 1.807) is 0 Å². The van der Waals surface area contributed by atoms with E-state index >= 15 is 0 Å². The van der Waals surface area contributed by atoms with Crippen LogP contribution in [0.3, 0.4) is 0 Å². The van der Waals surface area contributed by atoms with Crippen LogP contribution in [0.15, 0.2) is 29.3 Å². The predicted octanol–water partition coefficient (Wildman–Crippen LogP) is 2.11. The first kappa shape index (κ1) is 9.78. The highest BCUT2D eigenvalue weighted by atomic mass is 14.9. The van der Waals surface area contributed by atoms with E-state index in [4.69, 9.17) is 5.73 Å². The van der Waals surface area contributed by atoms with Gasteiger partial charge in [0.05, 0.1) is 0 Å². The number of amidine groups is 1. The fraction of sp³-hybridized carbons (Fsp3) is 0.364. The zero-order valence-corrected chi connectivity index (χ0v) is 8.41. The summed E-state index contributed by atoms with van der Waals surface area (Å²) in [6.45, 7) is 6.08. The second kappa shape index (κ2) is 4.08. The Morgan fingerprint density at radius 3 is 2.46 bits per heavy atom. The molecule has 0 radical (unpaired) electrons. The molecule has 0 saturated heterocycles. The third-order valence-corrected chi connectivity index (χ3v) is 1.82. The van der Waals surface area contributed by atoms with Crippen molar-refractivity contribution >= 4 is 5.84 Å². The van der Waals surface area contributed by atoms with Gasteiger partial charge in [0.25, 0.3) is 0 Å². The maximum absolute atomic E-state index is 5.85. The Kier molecular flexibility index (Phi) is 3.07. The van der Waals surface area contributed by atoms with Crippen molar-refractivity contribution in [3.8, 4) is 0 Å². The predicted molar refractivity (Wildman–Crippen MR) is 57.0 cm³/mol. The van der Waals surface area contributed by atoms with Crippen LogP contribution in [-0.4, -0.2) is 11.9 Å². The summed E-state index contributed by atoms with van der Waals surface area (Å²) in [5, 5.41) is 0. The van der Waals surface area contributed by atoms with Crippen LogP contribution >= 0.6 is 0 Å². The van der Waals surface area contributed by atoms with Gasteiger partial charge in [0.2, 0.25) is 0 Å². The van der Waals surface area contributed by atoms with Crippen molar-refractivity contribution < 1.29 is 0 Å². The Morgan fingerprint density at radius 1 is 1.31 bits per heavy atom. The fourth-order valence-corrected chi connectivity index (χ4v) is 1.21. The number of benzene rings is 1. The van der Waals surface area contributed by atoms with Gasteiger partial charge < -0.3 is 5.73 Å². The van der Waals surface area contributed by atoms with Gasteiger partial charge in [-0.15, -0.1) is 0 Å². The normalized spacial score (nSPS) is 12.2. The third-order valence-electron chi connectivity index (χ3n) is 1.82. The summed E-state index contributed by atoms with van der Waals surface area (Å²) in [4.78, 5) is 4.30. The van der Waals surface area contributed by atoms with Crippen molar-refractivity contribution in [2.24, 2.45) is 10.7 Å². The minimum atomic E-state index is 0.250. The fourth-order valence-electron chi connectivity index (χ4n) is 1.21. The zero-order chi connectivity index (χ0) is 9.84. The lowest BCUT2D eigenvalue weighted by molar-refractivity contribution is 0.834. The van der Waals surface area contributed by atoms with Crippen LogP contribution in [0.25, 0.3) is 0 Å². The zero-order valence-electron chi connectivity index (χ0n) is 8.41. The van der Waals surface area contributed by atoms with Gasteiger partial charge in [0.1, 0.15) is 5.84 Å². The smallest absolute Gasteiger partial charge is 0.126 e. The summed E-state index contributed by atoms with van der Waals surface area (Å²) in [7, 11) is 0. The van der Waals surface area contributed by atoms with E-state index in [0.717, 1.165) is 5.56 Å². The summed E-state index contributed by atoms with van der Waals surface area (Å²) in [5.41, 5.74) is 8.06. The van der Waals surface area contributed by atoms with E-state index in [2.05, 4.69) is 4.99 Å². The number of rotatable bonds is 2. The van der Waals surface area contributed by atoms with E-state index in [1.807, 2.05) is 45.0 Å². The molecule has 2 heteroatoms. The van der Waals surface area contributed by atoms with Crippen molar-refractivity contribution in [2.45, 2.75) is 26.8 Å². The molecule has 0 atom stereocenters. The van der Waals surface area contributed by atoms with Crippen molar-refractivity contribution in [1.82, 2.24) is 0 Å². The highest BCUT2D eigenvalue weighted by Crippen LogP contribution is 2.06. The number of hydrogen-bond donors (Lipinski definition) is 1. The van der Waals surface area contributed by atoms with Gasteiger partial charge in [0.15, 0.2) is 0 Å². The van der Waals surface area contributed by atoms with E-state index in [-0.39, 0.29) is 6.04 Å². The molecule has 0 aliphatic rings. The SMILES string of the molecule is Cc1ccccc1C(N)=NC(C)C. The summed E-state index contributed by atoms with van der Waals surface area (Å²) >= 11 is 0. The van der Waals surface area contributed by atoms with Crippen LogP contribution in [0.2, 0.25) is 0 Å². The van der Waals surface area contributed by atoms with Crippen molar-refractivity contribution in [1.29, 1.82) is 0 Å². The lowest BCUT2D eigenvalue weighted by Crippen LogP contribution is -2.16. The molecule has 1 rings (SSSR count). The van der Waals surface area contributed by atoms with Crippen LogP contribution in [0, 0.1) is 6.92 Å². The molecule has 0 aromatic heterocycles. The average molecular weight is 176 g/mol. The van der Waals surface area contributed by atoms with Crippen molar-refractivity contribution in [3.05, 3.63) is 35.4 Å². The van der Waals surface area contributed by atoms with Gasteiger partial charge >= 0.3 is 0 Å². The second-order valence-electron chi connectivity index (χ2n) is 3.42. The Bertz CT molecular complexity index is 314. The summed E-state index contributed by atoms with van der Waals surface area (Å²) in [6, 6.07) is 8.26. The van der Waals surface area contributed by atoms with Gasteiger partial charge in [-0.3, -0.25) is 4.99 Å². The van der Waals surface area contributed by atoms with Gasteiger partial charge in [-0.2, -0.15) is 0 Å². The van der Waals surface area contributed by atoms with E-state index in [0.29, 0.717) is 5.84 Å². The molecule has 0 unspecified atom stereocenters. The molecule has 0 fully saturated rings. The molecule has 0 bridgehead atoms. The molecule has 0 aliphatic heterocycles. The molecule has 13 heavy (non-hydrogen) atoms. The Morgan fingerprint density at radius 2 is 1.92 bits per heavy atom. The summed E-state index contributed by atoms with van der Waals surface area (Å²) in [5.74, 6) is 0.633. The highest BCUT2D eigenvalue weighted by molar-refractivity contribution is 5.98. The first-order valence-corrected chi connectivity index (χ1v) is 4.50. The summed E-state index contributed by atoms with van der Waals surface area (Å²) < 4.78 is 0. The molecule has 0 aliphatic carbocycles. The molecule has 0 heterocycles.